The van der Waals surface area contributed by atoms with E-state index in [0.29, 0.717) is 17.9 Å². The van der Waals surface area contributed by atoms with Crippen molar-refractivity contribution in [3.05, 3.63) is 59.4 Å². The van der Waals surface area contributed by atoms with Crippen LogP contribution in [-0.4, -0.2) is 43.4 Å². The third kappa shape index (κ3) is 6.03. The largest absolute Gasteiger partial charge is 0.491 e. The van der Waals surface area contributed by atoms with Gasteiger partial charge in [-0.2, -0.15) is 0 Å². The van der Waals surface area contributed by atoms with Gasteiger partial charge in [-0.15, -0.1) is 0 Å². The second-order valence-electron chi connectivity index (χ2n) is 6.63. The van der Waals surface area contributed by atoms with Crippen LogP contribution in [0.15, 0.2) is 42.5 Å². The Bertz CT molecular complexity index is 674. The number of hydrogen-bond acceptors (Lipinski definition) is 4. The number of aliphatic hydroxyl groups is 1. The summed E-state index contributed by atoms with van der Waals surface area (Å²) in [5, 5.41) is 13.2. The zero-order valence-electron chi connectivity index (χ0n) is 15.3. The fraction of sp³-hybridized carbons (Fsp3) is 0.400. The first-order chi connectivity index (χ1) is 11.8. The zero-order chi connectivity index (χ0) is 18.4. The average Bonchev–Trinajstić information content (AvgIpc) is 2.56. The highest BCUT2D eigenvalue weighted by molar-refractivity contribution is 5.48. The summed E-state index contributed by atoms with van der Waals surface area (Å²) in [5.74, 6) is 0.517. The van der Waals surface area contributed by atoms with E-state index < -0.39 is 6.10 Å². The number of likely N-dealkylation sites (N-methyl/N-ethyl adjacent to an activating group) is 1. The molecule has 0 aliphatic carbocycles. The standard InChI is InChI=1S/C20H27FN2O2/c1-14-5-6-16(11-20(14)21)15(2)22-17-7-9-19(10-8-17)25-13-18(24)12-23(3)4/h5-11,15,18,22,24H,12-13H2,1-4H3. The maximum Gasteiger partial charge on any atom is 0.126 e. The number of aryl methyl sites for hydroxylation is 1. The fourth-order valence-electron chi connectivity index (χ4n) is 2.53. The summed E-state index contributed by atoms with van der Waals surface area (Å²) in [6, 6.07) is 12.8. The van der Waals surface area contributed by atoms with Crippen molar-refractivity contribution < 1.29 is 14.2 Å². The van der Waals surface area contributed by atoms with Gasteiger partial charge in [0.05, 0.1) is 0 Å². The number of rotatable bonds is 8. The molecule has 0 saturated heterocycles. The highest BCUT2D eigenvalue weighted by Crippen LogP contribution is 2.23. The van der Waals surface area contributed by atoms with E-state index in [4.69, 9.17) is 4.74 Å². The molecule has 0 aliphatic rings. The first kappa shape index (κ1) is 19.2. The third-order valence-electron chi connectivity index (χ3n) is 3.95. The molecule has 0 aliphatic heterocycles. The number of halogens is 1. The van der Waals surface area contributed by atoms with Crippen LogP contribution in [-0.2, 0) is 0 Å². The molecule has 2 unspecified atom stereocenters. The predicted molar refractivity (Wildman–Crippen MR) is 99.7 cm³/mol. The molecule has 0 aromatic heterocycles. The molecule has 0 radical (unpaired) electrons. The summed E-state index contributed by atoms with van der Waals surface area (Å²) < 4.78 is 19.3. The number of ether oxygens (including phenoxy) is 1. The number of anilines is 1. The summed E-state index contributed by atoms with van der Waals surface area (Å²) in [7, 11) is 3.82. The number of nitrogens with zero attached hydrogens (tertiary/aromatic N) is 1. The molecule has 2 rings (SSSR count). The molecule has 4 nitrogen and oxygen atoms in total. The van der Waals surface area contributed by atoms with E-state index in [2.05, 4.69) is 5.32 Å². The molecule has 2 aromatic carbocycles. The van der Waals surface area contributed by atoms with Crippen molar-refractivity contribution in [2.45, 2.75) is 26.0 Å². The molecule has 5 heteroatoms. The summed E-state index contributed by atoms with van der Waals surface area (Å²) >= 11 is 0. The molecule has 25 heavy (non-hydrogen) atoms. The third-order valence-corrected chi connectivity index (χ3v) is 3.95. The van der Waals surface area contributed by atoms with Crippen LogP contribution in [0, 0.1) is 12.7 Å². The summed E-state index contributed by atoms with van der Waals surface area (Å²) in [5.41, 5.74) is 2.47. The first-order valence-corrected chi connectivity index (χ1v) is 8.43. The van der Waals surface area contributed by atoms with Crippen molar-refractivity contribution in [1.82, 2.24) is 4.90 Å². The SMILES string of the molecule is Cc1ccc(C(C)Nc2ccc(OCC(O)CN(C)C)cc2)cc1F. The average molecular weight is 346 g/mol. The lowest BCUT2D eigenvalue weighted by Crippen LogP contribution is -2.30. The topological polar surface area (TPSA) is 44.7 Å². The Morgan fingerprint density at radius 1 is 1.16 bits per heavy atom. The van der Waals surface area contributed by atoms with Crippen LogP contribution in [0.5, 0.6) is 5.75 Å². The summed E-state index contributed by atoms with van der Waals surface area (Å²) in [6.07, 6.45) is -0.524. The lowest BCUT2D eigenvalue weighted by Gasteiger charge is -2.18. The van der Waals surface area contributed by atoms with Crippen molar-refractivity contribution in [3.63, 3.8) is 0 Å². The number of hydrogen-bond donors (Lipinski definition) is 2. The van der Waals surface area contributed by atoms with Gasteiger partial charge in [0.15, 0.2) is 0 Å². The minimum Gasteiger partial charge on any atom is -0.491 e. The predicted octanol–water partition coefficient (Wildman–Crippen LogP) is 3.61. The van der Waals surface area contributed by atoms with Crippen LogP contribution in [0.4, 0.5) is 10.1 Å². The summed E-state index contributed by atoms with van der Waals surface area (Å²) in [4.78, 5) is 1.91. The number of aliphatic hydroxyl groups excluding tert-OH is 1. The molecule has 2 N–H and O–H groups in total. The molecule has 0 amide bonds. The maximum atomic E-state index is 13.7. The molecule has 136 valence electrons. The molecule has 2 atom stereocenters. The lowest BCUT2D eigenvalue weighted by atomic mass is 10.1. The maximum absolute atomic E-state index is 13.7. The molecule has 0 bridgehead atoms. The highest BCUT2D eigenvalue weighted by Gasteiger charge is 2.09. The van der Waals surface area contributed by atoms with Crippen molar-refractivity contribution in [3.8, 4) is 5.75 Å². The van der Waals surface area contributed by atoms with Crippen molar-refractivity contribution >= 4 is 5.69 Å². The van der Waals surface area contributed by atoms with E-state index >= 15 is 0 Å². The van der Waals surface area contributed by atoms with Gasteiger partial charge in [-0.05, 0) is 69.4 Å². The minimum absolute atomic E-state index is 0.0104. The minimum atomic E-state index is -0.524. The van der Waals surface area contributed by atoms with Crippen LogP contribution in [0.1, 0.15) is 24.1 Å². The molecule has 2 aromatic rings. The van der Waals surface area contributed by atoms with Gasteiger partial charge < -0.3 is 20.1 Å². The van der Waals surface area contributed by atoms with Crippen molar-refractivity contribution in [2.75, 3.05) is 32.6 Å². The molecule has 0 heterocycles. The molecule has 0 spiro atoms. The summed E-state index contributed by atoms with van der Waals surface area (Å²) in [6.45, 7) is 4.56. The smallest absolute Gasteiger partial charge is 0.126 e. The monoisotopic (exact) mass is 346 g/mol. The van der Waals surface area contributed by atoms with E-state index in [1.165, 1.54) is 0 Å². The second kappa shape index (κ2) is 8.83. The molecule has 0 saturated carbocycles. The van der Waals surface area contributed by atoms with Crippen molar-refractivity contribution in [1.29, 1.82) is 0 Å². The van der Waals surface area contributed by atoms with E-state index in [9.17, 15) is 9.50 Å². The van der Waals surface area contributed by atoms with Gasteiger partial charge in [-0.1, -0.05) is 12.1 Å². The van der Waals surface area contributed by atoms with E-state index in [0.717, 1.165) is 11.3 Å². The second-order valence-corrected chi connectivity index (χ2v) is 6.63. The fourth-order valence-corrected chi connectivity index (χ4v) is 2.53. The Morgan fingerprint density at radius 3 is 2.44 bits per heavy atom. The van der Waals surface area contributed by atoms with Crippen LogP contribution in [0.2, 0.25) is 0 Å². The quantitative estimate of drug-likeness (QED) is 0.766. The Balaban J connectivity index is 1.90. The van der Waals surface area contributed by atoms with Gasteiger partial charge in [-0.3, -0.25) is 0 Å². The van der Waals surface area contributed by atoms with Crippen LogP contribution in [0.3, 0.4) is 0 Å². The highest BCUT2D eigenvalue weighted by atomic mass is 19.1. The van der Waals surface area contributed by atoms with E-state index in [-0.39, 0.29) is 18.5 Å². The molecular weight excluding hydrogens is 319 g/mol. The number of benzene rings is 2. The number of nitrogens with one attached hydrogen (secondary N) is 1. The van der Waals surface area contributed by atoms with Gasteiger partial charge in [0.25, 0.3) is 0 Å². The normalized spacial score (nSPS) is 13.6. The van der Waals surface area contributed by atoms with Gasteiger partial charge in [0.2, 0.25) is 0 Å². The molecular formula is C20H27FN2O2. The van der Waals surface area contributed by atoms with Crippen LogP contribution < -0.4 is 10.1 Å². The zero-order valence-corrected chi connectivity index (χ0v) is 15.3. The van der Waals surface area contributed by atoms with Crippen molar-refractivity contribution in [2.24, 2.45) is 0 Å². The van der Waals surface area contributed by atoms with Crippen LogP contribution in [0.25, 0.3) is 0 Å². The lowest BCUT2D eigenvalue weighted by molar-refractivity contribution is 0.0831. The Hall–Kier alpha value is -2.11. The van der Waals surface area contributed by atoms with E-state index in [1.54, 1.807) is 19.1 Å². The van der Waals surface area contributed by atoms with Crippen LogP contribution >= 0.6 is 0 Å². The Kier molecular flexibility index (Phi) is 6.79. The van der Waals surface area contributed by atoms with Gasteiger partial charge in [0.1, 0.15) is 24.3 Å². The molecule has 0 fully saturated rings. The van der Waals surface area contributed by atoms with Gasteiger partial charge in [0, 0.05) is 18.3 Å². The Labute approximate surface area is 149 Å². The first-order valence-electron chi connectivity index (χ1n) is 8.43. The Morgan fingerprint density at radius 2 is 1.84 bits per heavy atom. The van der Waals surface area contributed by atoms with E-state index in [1.807, 2.05) is 56.3 Å². The van der Waals surface area contributed by atoms with Gasteiger partial charge >= 0.3 is 0 Å². The van der Waals surface area contributed by atoms with Gasteiger partial charge in [-0.25, -0.2) is 4.39 Å².